The fourth-order valence-corrected chi connectivity index (χ4v) is 10.0. The Morgan fingerprint density at radius 2 is 0.519 bits per heavy atom. The number of ether oxygens (including phenoxy) is 3. The first-order chi connectivity index (χ1) is 39.0. The average molecular weight is 1100 g/mol. The van der Waals surface area contributed by atoms with Crippen molar-refractivity contribution in [3.63, 3.8) is 0 Å². The third-order valence-corrected chi connectivity index (χ3v) is 15.1. The van der Waals surface area contributed by atoms with E-state index in [2.05, 4.69) is 93.7 Å². The summed E-state index contributed by atoms with van der Waals surface area (Å²) in [6.45, 7) is 6.49. The Kier molecular flexibility index (Phi) is 64.7. The lowest BCUT2D eigenvalue weighted by Crippen LogP contribution is -2.30. The molecule has 0 aliphatic heterocycles. The number of hydrogen-bond donors (Lipinski definition) is 0. The monoisotopic (exact) mass is 1100 g/mol. The molecule has 0 heterocycles. The fourth-order valence-electron chi connectivity index (χ4n) is 10.0. The Labute approximate surface area is 491 Å². The summed E-state index contributed by atoms with van der Waals surface area (Å²) < 4.78 is 16.9. The number of allylic oxidation sites excluding steroid dienone is 12. The van der Waals surface area contributed by atoms with Crippen LogP contribution in [0, 0.1) is 0 Å². The number of rotatable bonds is 63. The third kappa shape index (κ3) is 65.5. The number of hydrogen-bond acceptors (Lipinski definition) is 6. The predicted octanol–water partition coefficient (Wildman–Crippen LogP) is 23.7. The molecular weight excluding hydrogens is 973 g/mol. The van der Waals surface area contributed by atoms with E-state index >= 15 is 0 Å². The van der Waals surface area contributed by atoms with Crippen molar-refractivity contribution in [1.29, 1.82) is 0 Å². The Bertz CT molecular complexity index is 1450. The van der Waals surface area contributed by atoms with Crippen molar-refractivity contribution in [2.75, 3.05) is 13.2 Å². The van der Waals surface area contributed by atoms with Crippen LogP contribution in [0.25, 0.3) is 0 Å². The Morgan fingerprint density at radius 1 is 0.266 bits per heavy atom. The van der Waals surface area contributed by atoms with Crippen LogP contribution >= 0.6 is 0 Å². The van der Waals surface area contributed by atoms with E-state index in [1.807, 2.05) is 0 Å². The summed E-state index contributed by atoms with van der Waals surface area (Å²) in [6, 6.07) is 0. The number of unbranched alkanes of at least 4 members (excludes halogenated alkanes) is 40. The second kappa shape index (κ2) is 67.4. The summed E-state index contributed by atoms with van der Waals surface area (Å²) in [7, 11) is 0. The molecule has 0 aromatic heterocycles. The van der Waals surface area contributed by atoms with E-state index < -0.39 is 6.10 Å². The normalized spacial score (nSPS) is 12.5. The molecule has 6 heteroatoms. The molecule has 0 aliphatic carbocycles. The first-order valence-corrected chi connectivity index (χ1v) is 34.4. The molecule has 0 aliphatic rings. The Balaban J connectivity index is 4.17. The molecule has 0 N–H and O–H groups in total. The van der Waals surface area contributed by atoms with Crippen molar-refractivity contribution in [3.05, 3.63) is 72.9 Å². The van der Waals surface area contributed by atoms with Gasteiger partial charge in [-0.2, -0.15) is 0 Å². The zero-order chi connectivity index (χ0) is 57.1. The van der Waals surface area contributed by atoms with Crippen molar-refractivity contribution >= 4 is 17.9 Å². The molecule has 6 nitrogen and oxygen atoms in total. The number of carbonyl (C=O) groups is 3. The average Bonchev–Trinajstić information content (AvgIpc) is 3.45. The summed E-state index contributed by atoms with van der Waals surface area (Å²) in [4.78, 5) is 38.3. The Hall–Kier alpha value is -3.15. The molecule has 0 radical (unpaired) electrons. The molecule has 0 aromatic rings. The minimum absolute atomic E-state index is 0.0814. The molecule has 79 heavy (non-hydrogen) atoms. The Morgan fingerprint density at radius 3 is 0.835 bits per heavy atom. The molecule has 0 saturated heterocycles. The van der Waals surface area contributed by atoms with Crippen LogP contribution < -0.4 is 0 Å². The molecular formula is C73H130O6. The quantitative estimate of drug-likeness (QED) is 0.0261. The van der Waals surface area contributed by atoms with Gasteiger partial charge in [-0.05, 0) is 103 Å². The van der Waals surface area contributed by atoms with E-state index in [1.165, 1.54) is 205 Å². The van der Waals surface area contributed by atoms with Crippen molar-refractivity contribution in [2.24, 2.45) is 0 Å². The zero-order valence-corrected chi connectivity index (χ0v) is 52.6. The van der Waals surface area contributed by atoms with Gasteiger partial charge < -0.3 is 14.2 Å². The van der Waals surface area contributed by atoms with Crippen molar-refractivity contribution in [3.8, 4) is 0 Å². The number of carbonyl (C=O) groups excluding carboxylic acids is 3. The second-order valence-electron chi connectivity index (χ2n) is 23.1. The summed E-state index contributed by atoms with van der Waals surface area (Å²) in [5, 5.41) is 0. The van der Waals surface area contributed by atoms with Gasteiger partial charge in [0.1, 0.15) is 13.2 Å². The van der Waals surface area contributed by atoms with Gasteiger partial charge >= 0.3 is 17.9 Å². The lowest BCUT2D eigenvalue weighted by Gasteiger charge is -2.18. The van der Waals surface area contributed by atoms with Gasteiger partial charge in [-0.15, -0.1) is 0 Å². The maximum atomic E-state index is 12.9. The van der Waals surface area contributed by atoms with Crippen LogP contribution in [0.2, 0.25) is 0 Å². The SMILES string of the molecule is CC/C=C\C/C=C\C/C=C\CCCCCCCCCC(=O)OC(COC(=O)CCCCCCC/C=C\C/C=C\CCC)COC(=O)CCCCCCCCCCCCCCCCCCCCC/C=C\CCCCCCCCCC. The molecule has 0 spiro atoms. The zero-order valence-electron chi connectivity index (χ0n) is 52.6. The molecule has 0 rings (SSSR count). The van der Waals surface area contributed by atoms with Crippen LogP contribution in [0.5, 0.6) is 0 Å². The van der Waals surface area contributed by atoms with Crippen LogP contribution in [-0.2, 0) is 28.6 Å². The van der Waals surface area contributed by atoms with Crippen molar-refractivity contribution in [1.82, 2.24) is 0 Å². The maximum absolute atomic E-state index is 12.9. The van der Waals surface area contributed by atoms with Crippen LogP contribution in [0.4, 0.5) is 0 Å². The van der Waals surface area contributed by atoms with Crippen molar-refractivity contribution in [2.45, 2.75) is 361 Å². The van der Waals surface area contributed by atoms with Crippen LogP contribution in [-0.4, -0.2) is 37.2 Å². The van der Waals surface area contributed by atoms with Gasteiger partial charge in [-0.1, -0.05) is 306 Å². The van der Waals surface area contributed by atoms with E-state index in [-0.39, 0.29) is 31.1 Å². The number of esters is 3. The molecule has 0 saturated carbocycles. The summed E-state index contributed by atoms with van der Waals surface area (Å²) >= 11 is 0. The highest BCUT2D eigenvalue weighted by Gasteiger charge is 2.19. The first-order valence-electron chi connectivity index (χ1n) is 34.4. The molecule has 0 aromatic carbocycles. The molecule has 0 fully saturated rings. The standard InChI is InChI=1S/C73H130O6/c1-4-7-10-13-16-19-22-25-27-29-30-31-32-33-34-35-36-37-38-39-40-41-42-44-45-48-51-54-57-60-63-66-72(75)78-69-70(68-77-71(74)65-62-59-56-53-50-47-24-21-18-15-12-9-6-3)79-73(76)67-64-61-58-55-52-49-46-43-28-26-23-20-17-14-11-8-5-2/h8,11-12,15,17,20-21,24,26,28-30,70H,4-7,9-10,13-14,16,18-19,22-23,25,27,31-69H2,1-3H3/b11-8-,15-12-,20-17-,24-21-,28-26-,30-29-. The van der Waals surface area contributed by atoms with Gasteiger partial charge in [0, 0.05) is 19.3 Å². The van der Waals surface area contributed by atoms with Gasteiger partial charge in [-0.3, -0.25) is 14.4 Å². The largest absolute Gasteiger partial charge is 0.462 e. The van der Waals surface area contributed by atoms with E-state index in [9.17, 15) is 14.4 Å². The second-order valence-corrected chi connectivity index (χ2v) is 23.1. The molecule has 1 unspecified atom stereocenters. The molecule has 1 atom stereocenters. The smallest absolute Gasteiger partial charge is 0.306 e. The van der Waals surface area contributed by atoms with Crippen LogP contribution in [0.3, 0.4) is 0 Å². The summed E-state index contributed by atoms with van der Waals surface area (Å²) in [5.41, 5.74) is 0. The summed E-state index contributed by atoms with van der Waals surface area (Å²) in [6.07, 6.45) is 88.0. The minimum atomic E-state index is -0.787. The van der Waals surface area contributed by atoms with E-state index in [0.717, 1.165) is 109 Å². The predicted molar refractivity (Wildman–Crippen MR) is 344 cm³/mol. The minimum Gasteiger partial charge on any atom is -0.462 e. The third-order valence-electron chi connectivity index (χ3n) is 15.1. The maximum Gasteiger partial charge on any atom is 0.306 e. The van der Waals surface area contributed by atoms with Gasteiger partial charge in [0.05, 0.1) is 0 Å². The highest BCUT2D eigenvalue weighted by atomic mass is 16.6. The van der Waals surface area contributed by atoms with Gasteiger partial charge in [0.2, 0.25) is 0 Å². The fraction of sp³-hybridized carbons (Fsp3) is 0.795. The molecule has 458 valence electrons. The highest BCUT2D eigenvalue weighted by molar-refractivity contribution is 5.71. The van der Waals surface area contributed by atoms with Gasteiger partial charge in [-0.25, -0.2) is 0 Å². The lowest BCUT2D eigenvalue weighted by molar-refractivity contribution is -0.167. The van der Waals surface area contributed by atoms with E-state index in [0.29, 0.717) is 19.3 Å². The van der Waals surface area contributed by atoms with Gasteiger partial charge in [0.25, 0.3) is 0 Å². The molecule has 0 bridgehead atoms. The topological polar surface area (TPSA) is 78.9 Å². The van der Waals surface area contributed by atoms with E-state index in [1.54, 1.807) is 0 Å². The lowest BCUT2D eigenvalue weighted by atomic mass is 10.0. The van der Waals surface area contributed by atoms with Gasteiger partial charge in [0.15, 0.2) is 6.10 Å². The highest BCUT2D eigenvalue weighted by Crippen LogP contribution is 2.18. The molecule has 0 amide bonds. The van der Waals surface area contributed by atoms with E-state index in [4.69, 9.17) is 14.2 Å². The van der Waals surface area contributed by atoms with Crippen LogP contribution in [0.15, 0.2) is 72.9 Å². The van der Waals surface area contributed by atoms with Crippen LogP contribution in [0.1, 0.15) is 355 Å². The first kappa shape index (κ1) is 75.8. The van der Waals surface area contributed by atoms with Crippen molar-refractivity contribution < 1.29 is 28.6 Å². The summed E-state index contributed by atoms with van der Waals surface area (Å²) in [5.74, 6) is -0.890.